The van der Waals surface area contributed by atoms with Crippen LogP contribution in [-0.4, -0.2) is 38.3 Å². The first kappa shape index (κ1) is 17.4. The monoisotopic (exact) mass is 330 g/mol. The summed E-state index contributed by atoms with van der Waals surface area (Å²) in [5.41, 5.74) is 2.09. The zero-order valence-electron chi connectivity index (χ0n) is 15.0. The molecule has 1 amide bonds. The van der Waals surface area contributed by atoms with Crippen molar-refractivity contribution in [2.45, 2.75) is 56.5 Å². The van der Waals surface area contributed by atoms with Gasteiger partial charge in [-0.15, -0.1) is 0 Å². The van der Waals surface area contributed by atoms with Gasteiger partial charge in [0.25, 0.3) is 5.91 Å². The van der Waals surface area contributed by atoms with Crippen molar-refractivity contribution >= 4 is 5.91 Å². The summed E-state index contributed by atoms with van der Waals surface area (Å²) in [6.45, 7) is 4.53. The highest BCUT2D eigenvalue weighted by Gasteiger charge is 2.42. The molecule has 0 unspecified atom stereocenters. The third-order valence-corrected chi connectivity index (χ3v) is 5.99. The minimum absolute atomic E-state index is 0.0606. The number of carbonyl (C=O) groups is 1. The average Bonchev–Trinajstić information content (AvgIpc) is 3.10. The van der Waals surface area contributed by atoms with Crippen LogP contribution in [0.15, 0.2) is 24.3 Å². The molecule has 1 heterocycles. The summed E-state index contributed by atoms with van der Waals surface area (Å²) in [6, 6.07) is 8.78. The molecule has 2 aliphatic rings. The van der Waals surface area contributed by atoms with Gasteiger partial charge in [0.2, 0.25) is 0 Å². The minimum atomic E-state index is -0.655. The lowest BCUT2D eigenvalue weighted by Crippen LogP contribution is -2.55. The molecule has 132 valence electrons. The Morgan fingerprint density at radius 3 is 2.54 bits per heavy atom. The Morgan fingerprint density at radius 2 is 1.92 bits per heavy atom. The van der Waals surface area contributed by atoms with E-state index in [1.807, 2.05) is 0 Å². The molecule has 1 aromatic carbocycles. The first-order chi connectivity index (χ1) is 11.6. The average molecular weight is 330 g/mol. The molecule has 0 radical (unpaired) electrons. The van der Waals surface area contributed by atoms with E-state index in [1.165, 1.54) is 24.0 Å². The molecular formula is C20H30N2O2. The minimum Gasteiger partial charge on any atom is -0.368 e. The van der Waals surface area contributed by atoms with Crippen molar-refractivity contribution in [3.8, 4) is 0 Å². The van der Waals surface area contributed by atoms with Crippen LogP contribution in [0.2, 0.25) is 0 Å². The molecule has 24 heavy (non-hydrogen) atoms. The zero-order valence-corrected chi connectivity index (χ0v) is 15.0. The van der Waals surface area contributed by atoms with Crippen LogP contribution in [0.25, 0.3) is 0 Å². The van der Waals surface area contributed by atoms with E-state index in [0.717, 1.165) is 38.8 Å². The van der Waals surface area contributed by atoms with Crippen molar-refractivity contribution in [2.75, 3.05) is 26.7 Å². The van der Waals surface area contributed by atoms with Gasteiger partial charge >= 0.3 is 0 Å². The largest absolute Gasteiger partial charge is 0.368 e. The Hall–Kier alpha value is -1.39. The molecule has 0 atom stereocenters. The quantitative estimate of drug-likeness (QED) is 0.873. The third kappa shape index (κ3) is 3.35. The molecule has 1 aliphatic carbocycles. The van der Waals surface area contributed by atoms with Gasteiger partial charge in [0.1, 0.15) is 5.60 Å². The number of hydrogen-bond acceptors (Lipinski definition) is 3. The standard InChI is InChI=1S/C20H30N2O2/c1-16-6-5-7-17(14-16)19(8-3-4-9-19)15-22-18(23)20(24-2)10-12-21-13-11-20/h5-7,14,21H,3-4,8-13,15H2,1-2H3,(H,22,23). The molecule has 4 nitrogen and oxygen atoms in total. The highest BCUT2D eigenvalue weighted by atomic mass is 16.5. The van der Waals surface area contributed by atoms with Gasteiger partial charge in [-0.3, -0.25) is 4.79 Å². The van der Waals surface area contributed by atoms with Gasteiger partial charge in [-0.25, -0.2) is 0 Å². The topological polar surface area (TPSA) is 50.4 Å². The van der Waals surface area contributed by atoms with Crippen LogP contribution in [0.5, 0.6) is 0 Å². The molecule has 2 N–H and O–H groups in total. The first-order valence-corrected chi connectivity index (χ1v) is 9.22. The summed E-state index contributed by atoms with van der Waals surface area (Å²) in [5, 5.41) is 6.56. The van der Waals surface area contributed by atoms with Gasteiger partial charge in [-0.2, -0.15) is 0 Å². The number of rotatable bonds is 5. The van der Waals surface area contributed by atoms with Gasteiger partial charge in [0.15, 0.2) is 0 Å². The predicted molar refractivity (Wildman–Crippen MR) is 96.2 cm³/mol. The second-order valence-corrected chi connectivity index (χ2v) is 7.49. The second-order valence-electron chi connectivity index (χ2n) is 7.49. The van der Waals surface area contributed by atoms with Crippen molar-refractivity contribution < 1.29 is 9.53 Å². The van der Waals surface area contributed by atoms with Gasteiger partial charge < -0.3 is 15.4 Å². The fraction of sp³-hybridized carbons (Fsp3) is 0.650. The van der Waals surface area contributed by atoms with Crippen LogP contribution in [0.3, 0.4) is 0 Å². The van der Waals surface area contributed by atoms with E-state index < -0.39 is 5.60 Å². The van der Waals surface area contributed by atoms with Crippen LogP contribution in [0.4, 0.5) is 0 Å². The first-order valence-electron chi connectivity index (χ1n) is 9.22. The van der Waals surface area contributed by atoms with Crippen LogP contribution in [0, 0.1) is 6.92 Å². The van der Waals surface area contributed by atoms with E-state index in [-0.39, 0.29) is 11.3 Å². The summed E-state index contributed by atoms with van der Waals surface area (Å²) in [5.74, 6) is 0.0606. The molecule has 0 aromatic heterocycles. The molecule has 3 rings (SSSR count). The lowest BCUT2D eigenvalue weighted by Gasteiger charge is -2.37. The summed E-state index contributed by atoms with van der Waals surface area (Å²) in [6.07, 6.45) is 6.27. The number of nitrogens with one attached hydrogen (secondary N) is 2. The highest BCUT2D eigenvalue weighted by Crippen LogP contribution is 2.41. The van der Waals surface area contributed by atoms with E-state index >= 15 is 0 Å². The molecule has 1 saturated carbocycles. The van der Waals surface area contributed by atoms with Crippen LogP contribution in [0.1, 0.15) is 49.7 Å². The zero-order chi connectivity index (χ0) is 17.0. The van der Waals surface area contributed by atoms with Crippen molar-refractivity contribution in [1.29, 1.82) is 0 Å². The molecule has 1 aromatic rings. The van der Waals surface area contributed by atoms with Crippen LogP contribution < -0.4 is 10.6 Å². The van der Waals surface area contributed by atoms with Crippen molar-refractivity contribution in [3.05, 3.63) is 35.4 Å². The Morgan fingerprint density at radius 1 is 1.21 bits per heavy atom. The molecule has 0 bridgehead atoms. The SMILES string of the molecule is COC1(C(=O)NCC2(c3cccc(C)c3)CCCC2)CCNCC1. The maximum atomic E-state index is 12.9. The Labute approximate surface area is 145 Å². The molecule has 4 heteroatoms. The van der Waals surface area contributed by atoms with Gasteiger partial charge in [0, 0.05) is 19.1 Å². The second kappa shape index (κ2) is 7.24. The van der Waals surface area contributed by atoms with E-state index in [1.54, 1.807) is 7.11 Å². The molecule has 2 fully saturated rings. The smallest absolute Gasteiger partial charge is 0.252 e. The Bertz CT molecular complexity index is 573. The maximum absolute atomic E-state index is 12.9. The molecule has 1 aliphatic heterocycles. The van der Waals surface area contributed by atoms with Gasteiger partial charge in [-0.05, 0) is 51.3 Å². The Balaban J connectivity index is 1.74. The van der Waals surface area contributed by atoms with E-state index in [0.29, 0.717) is 6.54 Å². The molecule has 0 spiro atoms. The number of hydrogen-bond donors (Lipinski definition) is 2. The number of amides is 1. The van der Waals surface area contributed by atoms with E-state index in [9.17, 15) is 4.79 Å². The number of aryl methyl sites for hydroxylation is 1. The lowest BCUT2D eigenvalue weighted by molar-refractivity contribution is -0.147. The fourth-order valence-corrected chi connectivity index (χ4v) is 4.36. The van der Waals surface area contributed by atoms with Crippen LogP contribution in [-0.2, 0) is 14.9 Å². The van der Waals surface area contributed by atoms with E-state index in [2.05, 4.69) is 41.8 Å². The van der Waals surface area contributed by atoms with Crippen molar-refractivity contribution in [1.82, 2.24) is 10.6 Å². The lowest BCUT2D eigenvalue weighted by atomic mass is 9.78. The number of benzene rings is 1. The van der Waals surface area contributed by atoms with Crippen molar-refractivity contribution in [2.24, 2.45) is 0 Å². The normalized spacial score (nSPS) is 22.2. The van der Waals surface area contributed by atoms with Crippen molar-refractivity contribution in [3.63, 3.8) is 0 Å². The van der Waals surface area contributed by atoms with Gasteiger partial charge in [-0.1, -0.05) is 42.7 Å². The van der Waals surface area contributed by atoms with Gasteiger partial charge in [0.05, 0.1) is 0 Å². The number of methoxy groups -OCH3 is 1. The number of carbonyl (C=O) groups excluding carboxylic acids is 1. The third-order valence-electron chi connectivity index (χ3n) is 5.99. The summed E-state index contributed by atoms with van der Waals surface area (Å²) in [7, 11) is 1.66. The number of piperidine rings is 1. The van der Waals surface area contributed by atoms with Crippen LogP contribution >= 0.6 is 0 Å². The number of ether oxygens (including phenoxy) is 1. The van der Waals surface area contributed by atoms with E-state index in [4.69, 9.17) is 4.74 Å². The summed E-state index contributed by atoms with van der Waals surface area (Å²) >= 11 is 0. The highest BCUT2D eigenvalue weighted by molar-refractivity contribution is 5.85. The Kier molecular flexibility index (Phi) is 5.26. The molecule has 1 saturated heterocycles. The molecular weight excluding hydrogens is 300 g/mol. The predicted octanol–water partition coefficient (Wildman–Crippen LogP) is 2.69. The summed E-state index contributed by atoms with van der Waals surface area (Å²) < 4.78 is 5.66. The fourth-order valence-electron chi connectivity index (χ4n) is 4.36. The summed E-state index contributed by atoms with van der Waals surface area (Å²) in [4.78, 5) is 12.9. The maximum Gasteiger partial charge on any atom is 0.252 e.